The van der Waals surface area contributed by atoms with E-state index in [9.17, 15) is 0 Å². The molecule has 1 heterocycles. The van der Waals surface area contributed by atoms with Crippen LogP contribution in [0.1, 0.15) is 77.3 Å². The fraction of sp³-hybridized carbons (Fsp3) is 0.722. The zero-order valence-corrected chi connectivity index (χ0v) is 14.0. The lowest BCUT2D eigenvalue weighted by molar-refractivity contribution is 0.315. The molecule has 0 aliphatic heterocycles. The minimum atomic E-state index is 0.402. The highest BCUT2D eigenvalue weighted by Crippen LogP contribution is 2.23. The van der Waals surface area contributed by atoms with Gasteiger partial charge in [-0.2, -0.15) is 0 Å². The number of nitrogens with one attached hydrogen (secondary N) is 1. The topological polar surface area (TPSA) is 34.2 Å². The zero-order valence-electron chi connectivity index (χ0n) is 14.0. The Morgan fingerprint density at radius 1 is 1.05 bits per heavy atom. The summed E-state index contributed by atoms with van der Waals surface area (Å²) in [6, 6.07) is 2.55. The quantitative estimate of drug-likeness (QED) is 0.557. The number of aromatic nitrogens is 1. The highest BCUT2D eigenvalue weighted by atomic mass is 16.5. The summed E-state index contributed by atoms with van der Waals surface area (Å²) in [4.78, 5) is 4.35. The molecule has 0 bridgehead atoms. The first kappa shape index (κ1) is 18.0. The van der Waals surface area contributed by atoms with Crippen molar-refractivity contribution in [1.29, 1.82) is 0 Å². The minimum absolute atomic E-state index is 0.402. The molecule has 1 aromatic heterocycles. The molecule has 21 heavy (non-hydrogen) atoms. The Kier molecular flexibility index (Phi) is 9.88. The van der Waals surface area contributed by atoms with E-state index in [1.807, 2.05) is 12.4 Å². The van der Waals surface area contributed by atoms with Gasteiger partial charge in [-0.05, 0) is 37.4 Å². The van der Waals surface area contributed by atoms with Gasteiger partial charge in [0, 0.05) is 12.2 Å². The molecule has 1 aromatic rings. The van der Waals surface area contributed by atoms with Gasteiger partial charge in [-0.1, -0.05) is 46.5 Å². The Balaban J connectivity index is 2.62. The lowest BCUT2D eigenvalue weighted by atomic mass is 10.0. The van der Waals surface area contributed by atoms with E-state index in [0.29, 0.717) is 6.04 Å². The average Bonchev–Trinajstić information content (AvgIpc) is 2.52. The normalized spacial score (nSPS) is 12.3. The summed E-state index contributed by atoms with van der Waals surface area (Å²) in [7, 11) is 0. The molecule has 0 amide bonds. The molecule has 3 nitrogen and oxygen atoms in total. The average molecular weight is 292 g/mol. The van der Waals surface area contributed by atoms with E-state index in [1.54, 1.807) is 0 Å². The zero-order chi connectivity index (χ0) is 15.3. The fourth-order valence-electron chi connectivity index (χ4n) is 2.41. The smallest absolute Gasteiger partial charge is 0.137 e. The Morgan fingerprint density at radius 3 is 2.62 bits per heavy atom. The number of nitrogens with zero attached hydrogens (tertiary/aromatic N) is 1. The minimum Gasteiger partial charge on any atom is -0.492 e. The lowest BCUT2D eigenvalue weighted by Gasteiger charge is -2.19. The van der Waals surface area contributed by atoms with Crippen molar-refractivity contribution in [3.8, 4) is 5.75 Å². The van der Waals surface area contributed by atoms with Crippen LogP contribution >= 0.6 is 0 Å². The molecule has 0 spiro atoms. The Morgan fingerprint density at radius 2 is 1.90 bits per heavy atom. The maximum Gasteiger partial charge on any atom is 0.137 e. The van der Waals surface area contributed by atoms with Crippen LogP contribution in [-0.4, -0.2) is 18.1 Å². The number of pyridine rings is 1. The van der Waals surface area contributed by atoms with E-state index in [-0.39, 0.29) is 0 Å². The second kappa shape index (κ2) is 11.6. The first-order valence-corrected chi connectivity index (χ1v) is 8.62. The third kappa shape index (κ3) is 7.47. The van der Waals surface area contributed by atoms with Gasteiger partial charge in [-0.15, -0.1) is 0 Å². The monoisotopic (exact) mass is 292 g/mol. The van der Waals surface area contributed by atoms with Crippen molar-refractivity contribution in [1.82, 2.24) is 10.3 Å². The number of hydrogen-bond donors (Lipinski definition) is 1. The van der Waals surface area contributed by atoms with E-state index in [4.69, 9.17) is 4.74 Å². The molecule has 0 radical (unpaired) electrons. The summed E-state index contributed by atoms with van der Waals surface area (Å²) in [5.74, 6) is 0.895. The summed E-state index contributed by atoms with van der Waals surface area (Å²) in [6.45, 7) is 8.40. The van der Waals surface area contributed by atoms with Gasteiger partial charge in [0.1, 0.15) is 5.75 Å². The molecule has 0 fully saturated rings. The lowest BCUT2D eigenvalue weighted by Crippen LogP contribution is -2.22. The largest absolute Gasteiger partial charge is 0.492 e. The summed E-state index contributed by atoms with van der Waals surface area (Å²) in [6.07, 6.45) is 12.4. The molecular weight excluding hydrogens is 260 g/mol. The standard InChI is InChI=1S/C18H32N2O/c1-4-7-8-9-10-18(20-11-5-2)16-13-17(15-19-14-16)21-12-6-3/h13-15,18,20H,4-12H2,1-3H3. The third-order valence-electron chi connectivity index (χ3n) is 3.60. The molecule has 120 valence electrons. The Labute approximate surface area is 130 Å². The van der Waals surface area contributed by atoms with Gasteiger partial charge in [0.2, 0.25) is 0 Å². The van der Waals surface area contributed by atoms with Crippen LogP contribution in [0.5, 0.6) is 5.75 Å². The number of unbranched alkanes of at least 4 members (excludes halogenated alkanes) is 3. The third-order valence-corrected chi connectivity index (χ3v) is 3.60. The molecule has 1 N–H and O–H groups in total. The van der Waals surface area contributed by atoms with E-state index < -0.39 is 0 Å². The number of ether oxygens (including phenoxy) is 1. The van der Waals surface area contributed by atoms with Crippen LogP contribution in [0.25, 0.3) is 0 Å². The molecule has 0 aliphatic carbocycles. The first-order chi connectivity index (χ1) is 10.3. The van der Waals surface area contributed by atoms with Crippen molar-refractivity contribution < 1.29 is 4.74 Å². The van der Waals surface area contributed by atoms with Crippen LogP contribution in [0.15, 0.2) is 18.5 Å². The van der Waals surface area contributed by atoms with Crippen LogP contribution < -0.4 is 10.1 Å². The Hall–Kier alpha value is -1.09. The second-order valence-corrected chi connectivity index (χ2v) is 5.66. The second-order valence-electron chi connectivity index (χ2n) is 5.66. The van der Waals surface area contributed by atoms with Crippen molar-refractivity contribution in [2.24, 2.45) is 0 Å². The number of rotatable bonds is 12. The molecule has 1 unspecified atom stereocenters. The summed E-state index contributed by atoms with van der Waals surface area (Å²) in [5, 5.41) is 3.65. The molecule has 1 atom stereocenters. The van der Waals surface area contributed by atoms with Gasteiger partial charge >= 0.3 is 0 Å². The van der Waals surface area contributed by atoms with Gasteiger partial charge in [0.15, 0.2) is 0 Å². The number of hydrogen-bond acceptors (Lipinski definition) is 3. The molecular formula is C18H32N2O. The van der Waals surface area contributed by atoms with Crippen LogP contribution in [-0.2, 0) is 0 Å². The summed E-state index contributed by atoms with van der Waals surface area (Å²) < 4.78 is 5.70. The predicted molar refractivity (Wildman–Crippen MR) is 89.8 cm³/mol. The van der Waals surface area contributed by atoms with Crippen LogP contribution in [0, 0.1) is 0 Å². The molecule has 0 saturated carbocycles. The van der Waals surface area contributed by atoms with Gasteiger partial charge in [0.05, 0.1) is 12.8 Å². The van der Waals surface area contributed by atoms with Gasteiger partial charge < -0.3 is 10.1 Å². The maximum absolute atomic E-state index is 5.70. The van der Waals surface area contributed by atoms with E-state index >= 15 is 0 Å². The predicted octanol–water partition coefficient (Wildman–Crippen LogP) is 4.88. The molecule has 3 heteroatoms. The highest BCUT2D eigenvalue weighted by Gasteiger charge is 2.11. The van der Waals surface area contributed by atoms with Crippen molar-refractivity contribution in [3.63, 3.8) is 0 Å². The fourth-order valence-corrected chi connectivity index (χ4v) is 2.41. The van der Waals surface area contributed by atoms with Crippen molar-refractivity contribution in [2.75, 3.05) is 13.2 Å². The van der Waals surface area contributed by atoms with Crippen molar-refractivity contribution >= 4 is 0 Å². The highest BCUT2D eigenvalue weighted by molar-refractivity contribution is 5.26. The maximum atomic E-state index is 5.70. The first-order valence-electron chi connectivity index (χ1n) is 8.62. The molecule has 0 aliphatic rings. The van der Waals surface area contributed by atoms with Crippen LogP contribution in [0.2, 0.25) is 0 Å². The van der Waals surface area contributed by atoms with Gasteiger partial charge in [-0.3, -0.25) is 4.98 Å². The van der Waals surface area contributed by atoms with E-state index in [1.165, 1.54) is 37.7 Å². The van der Waals surface area contributed by atoms with E-state index in [0.717, 1.165) is 31.7 Å². The SMILES string of the molecule is CCCCCCC(NCCC)c1cncc(OCCC)c1. The Bertz CT molecular complexity index is 368. The summed E-state index contributed by atoms with van der Waals surface area (Å²) >= 11 is 0. The molecule has 0 saturated heterocycles. The van der Waals surface area contributed by atoms with Gasteiger partial charge in [-0.25, -0.2) is 0 Å². The van der Waals surface area contributed by atoms with Crippen LogP contribution in [0.3, 0.4) is 0 Å². The van der Waals surface area contributed by atoms with Crippen molar-refractivity contribution in [2.45, 2.75) is 71.8 Å². The van der Waals surface area contributed by atoms with Gasteiger partial charge in [0.25, 0.3) is 0 Å². The summed E-state index contributed by atoms with van der Waals surface area (Å²) in [5.41, 5.74) is 1.26. The van der Waals surface area contributed by atoms with Crippen molar-refractivity contribution in [3.05, 3.63) is 24.0 Å². The van der Waals surface area contributed by atoms with E-state index in [2.05, 4.69) is 37.1 Å². The molecule has 0 aromatic carbocycles. The van der Waals surface area contributed by atoms with Crippen LogP contribution in [0.4, 0.5) is 0 Å². The molecule has 1 rings (SSSR count).